The van der Waals surface area contributed by atoms with E-state index in [0.717, 1.165) is 51.1 Å². The largest absolute Gasteiger partial charge is 0.494 e. The molecule has 0 aromatic carbocycles. The first kappa shape index (κ1) is 20.7. The predicted octanol–water partition coefficient (Wildman–Crippen LogP) is 4.38. The van der Waals surface area contributed by atoms with Crippen molar-refractivity contribution >= 4 is 11.6 Å². The maximum Gasteiger partial charge on any atom is 0.171 e. The van der Waals surface area contributed by atoms with Crippen LogP contribution in [0.1, 0.15) is 50.5 Å². The molecule has 2 N–H and O–H groups in total. The molecule has 4 rings (SSSR count). The Labute approximate surface area is 178 Å². The van der Waals surface area contributed by atoms with Gasteiger partial charge in [-0.15, -0.1) is 0 Å². The summed E-state index contributed by atoms with van der Waals surface area (Å²) in [5.41, 5.74) is 2.73. The van der Waals surface area contributed by atoms with E-state index in [1.807, 2.05) is 12.3 Å². The first-order valence-corrected chi connectivity index (χ1v) is 11.2. The van der Waals surface area contributed by atoms with Crippen molar-refractivity contribution in [2.75, 3.05) is 26.8 Å². The Morgan fingerprint density at radius 2 is 2.17 bits per heavy atom. The number of pyridine rings is 1. The van der Waals surface area contributed by atoms with Crippen LogP contribution in [0.5, 0.6) is 5.75 Å². The Kier molecular flexibility index (Phi) is 6.47. The average molecular weight is 418 g/mol. The maximum atomic E-state index is 6.36. The number of halogens is 1. The summed E-state index contributed by atoms with van der Waals surface area (Å²) in [6, 6.07) is 1.95. The lowest BCUT2D eigenvalue weighted by molar-refractivity contribution is -0.116. The van der Waals surface area contributed by atoms with Gasteiger partial charge in [0.1, 0.15) is 0 Å². The fourth-order valence-corrected chi connectivity index (χ4v) is 5.41. The van der Waals surface area contributed by atoms with Gasteiger partial charge in [0.2, 0.25) is 0 Å². The Bertz CT molecular complexity index is 773. The van der Waals surface area contributed by atoms with Gasteiger partial charge in [-0.1, -0.05) is 36.6 Å². The minimum absolute atomic E-state index is 0.0927. The molecule has 3 heterocycles. The lowest BCUT2D eigenvalue weighted by atomic mass is 9.67. The first-order chi connectivity index (χ1) is 14.1. The summed E-state index contributed by atoms with van der Waals surface area (Å²) < 4.78 is 11.6. The Balaban J connectivity index is 1.42. The first-order valence-electron chi connectivity index (χ1n) is 10.8. The third-order valence-electron chi connectivity index (χ3n) is 6.74. The average Bonchev–Trinajstić information content (AvgIpc) is 3.20. The third-order valence-corrected chi connectivity index (χ3v) is 7.02. The molecule has 1 saturated carbocycles. The zero-order valence-corrected chi connectivity index (χ0v) is 18.1. The fraction of sp³-hybridized carbons (Fsp3) is 0.609. The molecular formula is C23H32ClN3O2. The fourth-order valence-electron chi connectivity index (χ4n) is 5.23. The van der Waals surface area contributed by atoms with Gasteiger partial charge in [-0.2, -0.15) is 0 Å². The number of nitrogens with zero attached hydrogens (tertiary/aromatic N) is 1. The van der Waals surface area contributed by atoms with Crippen LogP contribution in [0.4, 0.5) is 0 Å². The standard InChI is InChI=1S/C23H32ClN3O2/c1-28-19-14-18(16-27-21(19)24)15-25-12-9-22(20-6-2-5-11-26-20)10-13-29-23(17-22)7-3-4-8-23/h2,5-6,14,16,25-26H,3-4,7-13,15,17H2,1H3/t22-/m1/s1. The predicted molar refractivity (Wildman–Crippen MR) is 116 cm³/mol. The second kappa shape index (κ2) is 9.07. The molecule has 1 aromatic rings. The number of nitrogens with one attached hydrogen (secondary N) is 2. The van der Waals surface area contributed by atoms with Crippen LogP contribution in [0.25, 0.3) is 0 Å². The van der Waals surface area contributed by atoms with Gasteiger partial charge in [0.25, 0.3) is 0 Å². The number of dihydropyridines is 1. The van der Waals surface area contributed by atoms with Gasteiger partial charge in [0.15, 0.2) is 10.9 Å². The van der Waals surface area contributed by atoms with Gasteiger partial charge < -0.3 is 20.1 Å². The van der Waals surface area contributed by atoms with E-state index in [2.05, 4.69) is 33.8 Å². The molecule has 6 heteroatoms. The molecule has 3 aliphatic rings. The van der Waals surface area contributed by atoms with Gasteiger partial charge in [0, 0.05) is 37.0 Å². The van der Waals surface area contributed by atoms with Crippen LogP contribution < -0.4 is 15.4 Å². The summed E-state index contributed by atoms with van der Waals surface area (Å²) in [6.45, 7) is 3.49. The van der Waals surface area contributed by atoms with Crippen molar-refractivity contribution in [2.45, 2.75) is 57.1 Å². The molecular weight excluding hydrogens is 386 g/mol. The maximum absolute atomic E-state index is 6.36. The van der Waals surface area contributed by atoms with Crippen molar-refractivity contribution in [3.8, 4) is 5.75 Å². The van der Waals surface area contributed by atoms with Gasteiger partial charge in [0.05, 0.1) is 12.7 Å². The van der Waals surface area contributed by atoms with E-state index in [4.69, 9.17) is 21.1 Å². The summed E-state index contributed by atoms with van der Waals surface area (Å²) in [7, 11) is 1.62. The minimum Gasteiger partial charge on any atom is -0.494 e. The van der Waals surface area contributed by atoms with Crippen LogP contribution in [0.2, 0.25) is 5.15 Å². The number of aromatic nitrogens is 1. The summed E-state index contributed by atoms with van der Waals surface area (Å²) >= 11 is 6.04. The molecule has 1 atom stereocenters. The molecule has 0 radical (unpaired) electrons. The second-order valence-electron chi connectivity index (χ2n) is 8.60. The van der Waals surface area contributed by atoms with Crippen molar-refractivity contribution in [1.29, 1.82) is 0 Å². The van der Waals surface area contributed by atoms with Crippen molar-refractivity contribution in [1.82, 2.24) is 15.6 Å². The normalized spacial score (nSPS) is 25.7. The highest BCUT2D eigenvalue weighted by atomic mass is 35.5. The Hall–Kier alpha value is -1.56. The van der Waals surface area contributed by atoms with Crippen LogP contribution in [0.15, 0.2) is 36.2 Å². The molecule has 2 aliphatic heterocycles. The van der Waals surface area contributed by atoms with Crippen molar-refractivity contribution in [3.05, 3.63) is 46.9 Å². The van der Waals surface area contributed by atoms with Crippen LogP contribution in [-0.2, 0) is 11.3 Å². The summed E-state index contributed by atoms with van der Waals surface area (Å²) in [5.74, 6) is 0.624. The van der Waals surface area contributed by atoms with Gasteiger partial charge in [-0.05, 0) is 56.4 Å². The summed E-state index contributed by atoms with van der Waals surface area (Å²) in [5, 5.41) is 7.68. The third kappa shape index (κ3) is 4.62. The monoisotopic (exact) mass is 417 g/mol. The second-order valence-corrected chi connectivity index (χ2v) is 8.96. The zero-order chi connectivity index (χ0) is 20.2. The van der Waals surface area contributed by atoms with Gasteiger partial charge in [-0.3, -0.25) is 0 Å². The van der Waals surface area contributed by atoms with E-state index in [9.17, 15) is 0 Å². The summed E-state index contributed by atoms with van der Waals surface area (Å²) in [4.78, 5) is 4.21. The highest BCUT2D eigenvalue weighted by molar-refractivity contribution is 6.30. The topological polar surface area (TPSA) is 55.4 Å². The van der Waals surface area contributed by atoms with E-state index in [1.165, 1.54) is 31.4 Å². The lowest BCUT2D eigenvalue weighted by Gasteiger charge is -2.48. The number of hydrogen-bond donors (Lipinski definition) is 2. The minimum atomic E-state index is 0.0927. The lowest BCUT2D eigenvalue weighted by Crippen LogP contribution is -2.48. The summed E-state index contributed by atoms with van der Waals surface area (Å²) in [6.07, 6.45) is 16.8. The molecule has 5 nitrogen and oxygen atoms in total. The number of allylic oxidation sites excluding steroid dienone is 3. The quantitative estimate of drug-likeness (QED) is 0.509. The van der Waals surface area contributed by atoms with E-state index in [1.54, 1.807) is 7.11 Å². The van der Waals surface area contributed by atoms with E-state index >= 15 is 0 Å². The molecule has 0 unspecified atom stereocenters. The molecule has 1 aromatic heterocycles. The van der Waals surface area contributed by atoms with E-state index < -0.39 is 0 Å². The van der Waals surface area contributed by atoms with Crippen LogP contribution in [0.3, 0.4) is 0 Å². The number of rotatable bonds is 7. The van der Waals surface area contributed by atoms with E-state index in [-0.39, 0.29) is 11.0 Å². The SMILES string of the molecule is COc1cc(CNCC[C@@]2(C3=CC=CCN3)CCOC3(CCCC3)C2)cnc1Cl. The molecule has 1 saturated heterocycles. The zero-order valence-electron chi connectivity index (χ0n) is 17.3. The molecule has 1 spiro atoms. The number of ether oxygens (including phenoxy) is 2. The van der Waals surface area contributed by atoms with Gasteiger partial charge >= 0.3 is 0 Å². The van der Waals surface area contributed by atoms with Crippen LogP contribution >= 0.6 is 11.6 Å². The molecule has 158 valence electrons. The molecule has 0 bridgehead atoms. The highest BCUT2D eigenvalue weighted by Gasteiger charge is 2.48. The number of hydrogen-bond acceptors (Lipinski definition) is 5. The van der Waals surface area contributed by atoms with Crippen LogP contribution in [-0.4, -0.2) is 37.4 Å². The van der Waals surface area contributed by atoms with Gasteiger partial charge in [-0.25, -0.2) is 4.98 Å². The van der Waals surface area contributed by atoms with Crippen LogP contribution in [0, 0.1) is 5.41 Å². The number of methoxy groups -OCH3 is 1. The molecule has 2 fully saturated rings. The Morgan fingerprint density at radius 1 is 1.31 bits per heavy atom. The molecule has 29 heavy (non-hydrogen) atoms. The van der Waals surface area contributed by atoms with E-state index in [0.29, 0.717) is 10.9 Å². The molecule has 1 aliphatic carbocycles. The van der Waals surface area contributed by atoms with Crippen molar-refractivity contribution in [3.63, 3.8) is 0 Å². The van der Waals surface area contributed by atoms with Crippen molar-refractivity contribution < 1.29 is 9.47 Å². The Morgan fingerprint density at radius 3 is 2.93 bits per heavy atom. The molecule has 0 amide bonds. The highest BCUT2D eigenvalue weighted by Crippen LogP contribution is 2.51. The smallest absolute Gasteiger partial charge is 0.171 e. The van der Waals surface area contributed by atoms with Crippen molar-refractivity contribution in [2.24, 2.45) is 5.41 Å².